The summed E-state index contributed by atoms with van der Waals surface area (Å²) in [6, 6.07) is 5.10. The van der Waals surface area contributed by atoms with E-state index in [1.807, 2.05) is 6.20 Å². The van der Waals surface area contributed by atoms with Crippen molar-refractivity contribution in [2.45, 2.75) is 52.0 Å². The number of hydrogen-bond acceptors (Lipinski definition) is 2. The van der Waals surface area contributed by atoms with Gasteiger partial charge >= 0.3 is 0 Å². The van der Waals surface area contributed by atoms with Crippen LogP contribution in [0.25, 0.3) is 0 Å². The molecule has 5 atom stereocenters. The molecule has 2 nitrogen and oxygen atoms in total. The van der Waals surface area contributed by atoms with E-state index in [2.05, 4.69) is 36.3 Å². The van der Waals surface area contributed by atoms with Gasteiger partial charge in [-0.05, 0) is 80.4 Å². The van der Waals surface area contributed by atoms with Crippen LogP contribution in [-0.2, 0) is 6.42 Å². The Morgan fingerprint density at radius 1 is 1.24 bits per heavy atom. The molecule has 3 aliphatic rings. The van der Waals surface area contributed by atoms with Gasteiger partial charge in [-0.3, -0.25) is 4.98 Å². The van der Waals surface area contributed by atoms with E-state index in [1.165, 1.54) is 30.5 Å². The van der Waals surface area contributed by atoms with Gasteiger partial charge < -0.3 is 5.32 Å². The summed E-state index contributed by atoms with van der Waals surface area (Å²) in [5.41, 5.74) is 2.53. The molecule has 1 N–H and O–H groups in total. The van der Waals surface area contributed by atoms with Crippen LogP contribution in [0.3, 0.4) is 0 Å². The highest BCUT2D eigenvalue weighted by Crippen LogP contribution is 2.70. The summed E-state index contributed by atoms with van der Waals surface area (Å²) in [4.78, 5) is 4.64. The Kier molecular flexibility index (Phi) is 3.53. The maximum Gasteiger partial charge on any atom is 0.0419 e. The lowest BCUT2D eigenvalue weighted by molar-refractivity contribution is 0.359. The molecular weight excluding hydrogens is 256 g/mol. The van der Waals surface area contributed by atoms with Crippen molar-refractivity contribution >= 4 is 0 Å². The molecule has 4 rings (SSSR count). The Balaban J connectivity index is 1.46. The maximum absolute atomic E-state index is 4.64. The number of pyridine rings is 1. The van der Waals surface area contributed by atoms with Crippen LogP contribution >= 0.6 is 0 Å². The van der Waals surface area contributed by atoms with E-state index in [1.54, 1.807) is 6.42 Å². The third-order valence-corrected chi connectivity index (χ3v) is 6.32. The SMILES string of the molecule is CCCNC(Cc1ccc(C)cn1)C1C2C3CCC(C3)C21. The van der Waals surface area contributed by atoms with E-state index in [4.69, 9.17) is 0 Å². The van der Waals surface area contributed by atoms with Crippen molar-refractivity contribution in [2.24, 2.45) is 29.6 Å². The van der Waals surface area contributed by atoms with Gasteiger partial charge in [0.2, 0.25) is 0 Å². The number of rotatable bonds is 6. The molecule has 0 aromatic carbocycles. The fourth-order valence-electron chi connectivity index (χ4n) is 5.45. The molecule has 2 bridgehead atoms. The van der Waals surface area contributed by atoms with Crippen molar-refractivity contribution < 1.29 is 0 Å². The van der Waals surface area contributed by atoms with Gasteiger partial charge in [0, 0.05) is 24.4 Å². The minimum absolute atomic E-state index is 0.665. The van der Waals surface area contributed by atoms with Gasteiger partial charge in [0.1, 0.15) is 0 Å². The molecule has 5 unspecified atom stereocenters. The molecule has 2 heteroatoms. The highest BCUT2D eigenvalue weighted by molar-refractivity contribution is 5.19. The average Bonchev–Trinajstić information content (AvgIpc) is 2.92. The van der Waals surface area contributed by atoms with Gasteiger partial charge in [-0.2, -0.15) is 0 Å². The van der Waals surface area contributed by atoms with Gasteiger partial charge in [-0.25, -0.2) is 0 Å². The smallest absolute Gasteiger partial charge is 0.0419 e. The zero-order chi connectivity index (χ0) is 14.4. The van der Waals surface area contributed by atoms with Crippen molar-refractivity contribution in [3.05, 3.63) is 29.6 Å². The van der Waals surface area contributed by atoms with Crippen LogP contribution in [0.5, 0.6) is 0 Å². The van der Waals surface area contributed by atoms with E-state index >= 15 is 0 Å². The number of hydrogen-bond donors (Lipinski definition) is 1. The molecule has 1 heterocycles. The van der Waals surface area contributed by atoms with E-state index in [0.717, 1.165) is 42.6 Å². The van der Waals surface area contributed by atoms with Gasteiger partial charge in [0.15, 0.2) is 0 Å². The second-order valence-electron chi connectivity index (χ2n) is 7.66. The summed E-state index contributed by atoms with van der Waals surface area (Å²) in [5, 5.41) is 3.85. The number of fused-ring (bicyclic) bond motifs is 5. The Labute approximate surface area is 128 Å². The fraction of sp³-hybridized carbons (Fsp3) is 0.737. The minimum Gasteiger partial charge on any atom is -0.313 e. The highest BCUT2D eigenvalue weighted by Gasteiger charge is 2.66. The fourth-order valence-corrected chi connectivity index (χ4v) is 5.45. The summed E-state index contributed by atoms with van der Waals surface area (Å²) in [6.07, 6.45) is 8.96. The Bertz CT molecular complexity index is 479. The van der Waals surface area contributed by atoms with Crippen LogP contribution < -0.4 is 5.32 Å². The lowest BCUT2D eigenvalue weighted by Crippen LogP contribution is -2.36. The van der Waals surface area contributed by atoms with E-state index < -0.39 is 0 Å². The predicted octanol–water partition coefficient (Wildman–Crippen LogP) is 3.59. The lowest BCUT2D eigenvalue weighted by atomic mass is 9.94. The Morgan fingerprint density at radius 2 is 2.00 bits per heavy atom. The molecule has 0 saturated heterocycles. The quantitative estimate of drug-likeness (QED) is 0.863. The average molecular weight is 284 g/mol. The zero-order valence-corrected chi connectivity index (χ0v) is 13.4. The van der Waals surface area contributed by atoms with Gasteiger partial charge in [-0.15, -0.1) is 0 Å². The molecule has 3 aliphatic carbocycles. The standard InChI is InChI=1S/C19H28N2/c1-3-8-20-16(10-15-7-4-12(2)11-21-15)19-17-13-5-6-14(9-13)18(17)19/h4,7,11,13-14,16-20H,3,5-6,8-10H2,1-2H3. The first-order valence-electron chi connectivity index (χ1n) is 8.93. The van der Waals surface area contributed by atoms with Gasteiger partial charge in [-0.1, -0.05) is 13.0 Å². The maximum atomic E-state index is 4.64. The monoisotopic (exact) mass is 284 g/mol. The minimum atomic E-state index is 0.665. The van der Waals surface area contributed by atoms with E-state index in [9.17, 15) is 0 Å². The van der Waals surface area contributed by atoms with Crippen molar-refractivity contribution in [2.75, 3.05) is 6.54 Å². The summed E-state index contributed by atoms with van der Waals surface area (Å²) in [5.74, 6) is 5.21. The molecule has 114 valence electrons. The van der Waals surface area contributed by atoms with Crippen LogP contribution in [0.4, 0.5) is 0 Å². The molecule has 1 aromatic rings. The summed E-state index contributed by atoms with van der Waals surface area (Å²) < 4.78 is 0. The van der Waals surface area contributed by atoms with Crippen molar-refractivity contribution in [1.82, 2.24) is 10.3 Å². The third-order valence-electron chi connectivity index (χ3n) is 6.32. The van der Waals surface area contributed by atoms with Crippen molar-refractivity contribution in [3.63, 3.8) is 0 Å². The second kappa shape index (κ2) is 5.39. The summed E-state index contributed by atoms with van der Waals surface area (Å²) >= 11 is 0. The third kappa shape index (κ3) is 2.42. The predicted molar refractivity (Wildman–Crippen MR) is 86.1 cm³/mol. The topological polar surface area (TPSA) is 24.9 Å². The normalized spacial score (nSPS) is 37.5. The number of aromatic nitrogens is 1. The van der Waals surface area contributed by atoms with Crippen LogP contribution in [0.15, 0.2) is 18.3 Å². The Hall–Kier alpha value is -0.890. The number of nitrogens with zero attached hydrogens (tertiary/aromatic N) is 1. The van der Waals surface area contributed by atoms with E-state index in [0.29, 0.717) is 6.04 Å². The van der Waals surface area contributed by atoms with Crippen molar-refractivity contribution in [1.29, 1.82) is 0 Å². The number of nitrogens with one attached hydrogen (secondary N) is 1. The first-order valence-corrected chi connectivity index (χ1v) is 8.93. The molecule has 3 fully saturated rings. The Morgan fingerprint density at radius 3 is 2.62 bits per heavy atom. The summed E-state index contributed by atoms with van der Waals surface area (Å²) in [7, 11) is 0. The molecule has 0 spiro atoms. The van der Waals surface area contributed by atoms with Gasteiger partial charge in [0.05, 0.1) is 0 Å². The van der Waals surface area contributed by atoms with Crippen LogP contribution in [0.2, 0.25) is 0 Å². The lowest BCUT2D eigenvalue weighted by Gasteiger charge is -2.22. The first kappa shape index (κ1) is 13.8. The molecular formula is C19H28N2. The molecule has 0 aliphatic heterocycles. The van der Waals surface area contributed by atoms with Gasteiger partial charge in [0.25, 0.3) is 0 Å². The first-order chi connectivity index (χ1) is 10.3. The highest BCUT2D eigenvalue weighted by atomic mass is 15.0. The molecule has 0 amide bonds. The largest absolute Gasteiger partial charge is 0.313 e. The molecule has 21 heavy (non-hydrogen) atoms. The number of aryl methyl sites for hydroxylation is 1. The summed E-state index contributed by atoms with van der Waals surface area (Å²) in [6.45, 7) is 5.54. The second-order valence-corrected chi connectivity index (χ2v) is 7.66. The van der Waals surface area contributed by atoms with Crippen LogP contribution in [-0.4, -0.2) is 17.6 Å². The van der Waals surface area contributed by atoms with Crippen molar-refractivity contribution in [3.8, 4) is 0 Å². The molecule has 0 radical (unpaired) electrons. The molecule has 3 saturated carbocycles. The molecule has 1 aromatic heterocycles. The van der Waals surface area contributed by atoms with Crippen LogP contribution in [0, 0.1) is 36.5 Å². The van der Waals surface area contributed by atoms with E-state index in [-0.39, 0.29) is 0 Å². The zero-order valence-electron chi connectivity index (χ0n) is 13.4. The van der Waals surface area contributed by atoms with Crippen LogP contribution in [0.1, 0.15) is 43.9 Å².